The number of nitrogens with zero attached hydrogens (tertiary/aromatic N) is 2. The highest BCUT2D eigenvalue weighted by Crippen LogP contribution is 2.23. The standard InChI is InChI=1S/C28H28N4O6/c1-17(27(35)37-3)29-25(33)21-15-24(32-20-13-9-6-10-14-20)22(26(34)30-18(2)28(36)38-4)16-23(21)31-19-11-7-5-8-12-19/h5-18H,1-4H3,(H,29,33)(H,30,34)/t17-,18-/m0/s1. The third kappa shape index (κ3) is 7.10. The number of esters is 2. The summed E-state index contributed by atoms with van der Waals surface area (Å²) in [6.07, 6.45) is 2.84. The molecule has 0 saturated heterocycles. The molecule has 2 aromatic rings. The van der Waals surface area contributed by atoms with E-state index in [0.29, 0.717) is 11.4 Å². The van der Waals surface area contributed by atoms with Crippen LogP contribution in [-0.2, 0) is 28.7 Å². The van der Waals surface area contributed by atoms with Crippen LogP contribution < -0.4 is 10.6 Å². The molecule has 0 saturated carbocycles. The predicted octanol–water partition coefficient (Wildman–Crippen LogP) is 2.75. The van der Waals surface area contributed by atoms with Crippen molar-refractivity contribution in [2.45, 2.75) is 25.9 Å². The first-order valence-electron chi connectivity index (χ1n) is 11.7. The van der Waals surface area contributed by atoms with Gasteiger partial charge in [0.2, 0.25) is 0 Å². The SMILES string of the molecule is COC(=O)[C@H](C)NC(=O)C1=CC(=Nc2ccccc2)C(C(=O)N[C@@H](C)C(=O)OC)=CC1=Nc1ccccc1. The average molecular weight is 517 g/mol. The van der Waals surface area contributed by atoms with Gasteiger partial charge in [0.25, 0.3) is 11.8 Å². The lowest BCUT2D eigenvalue weighted by molar-refractivity contribution is -0.144. The average Bonchev–Trinajstić information content (AvgIpc) is 2.93. The zero-order valence-electron chi connectivity index (χ0n) is 21.4. The molecular weight excluding hydrogens is 488 g/mol. The van der Waals surface area contributed by atoms with E-state index in [2.05, 4.69) is 20.6 Å². The molecule has 0 heterocycles. The molecule has 0 radical (unpaired) electrons. The summed E-state index contributed by atoms with van der Waals surface area (Å²) in [5.74, 6) is -2.47. The highest BCUT2D eigenvalue weighted by Gasteiger charge is 2.29. The van der Waals surface area contributed by atoms with Gasteiger partial charge in [-0.25, -0.2) is 19.6 Å². The Kier molecular flexibility index (Phi) is 9.42. The van der Waals surface area contributed by atoms with Crippen LogP contribution in [0.1, 0.15) is 13.8 Å². The Labute approximate surface area is 220 Å². The molecule has 10 nitrogen and oxygen atoms in total. The topological polar surface area (TPSA) is 136 Å². The normalized spacial score (nSPS) is 16.5. The molecule has 1 aliphatic rings. The lowest BCUT2D eigenvalue weighted by Gasteiger charge is -2.20. The van der Waals surface area contributed by atoms with Gasteiger partial charge in [-0.15, -0.1) is 0 Å². The fraction of sp³-hybridized carbons (Fsp3) is 0.214. The molecule has 2 atom stereocenters. The quantitative estimate of drug-likeness (QED) is 0.409. The maximum absolute atomic E-state index is 13.3. The molecule has 0 aliphatic heterocycles. The Morgan fingerprint density at radius 3 is 1.29 bits per heavy atom. The minimum atomic E-state index is -0.935. The number of carbonyl (C=O) groups is 4. The Morgan fingerprint density at radius 1 is 0.632 bits per heavy atom. The molecule has 3 rings (SSSR count). The summed E-state index contributed by atoms with van der Waals surface area (Å²) < 4.78 is 9.41. The van der Waals surface area contributed by atoms with Crippen LogP contribution in [0.5, 0.6) is 0 Å². The number of carbonyl (C=O) groups excluding carboxylic acids is 4. The number of rotatable bonds is 8. The van der Waals surface area contributed by atoms with Gasteiger partial charge in [-0.3, -0.25) is 9.59 Å². The smallest absolute Gasteiger partial charge is 0.328 e. The summed E-state index contributed by atoms with van der Waals surface area (Å²) >= 11 is 0. The Morgan fingerprint density at radius 2 is 0.974 bits per heavy atom. The van der Waals surface area contributed by atoms with Crippen molar-refractivity contribution in [3.05, 3.63) is 84.0 Å². The molecule has 0 spiro atoms. The fourth-order valence-electron chi connectivity index (χ4n) is 3.43. The van der Waals surface area contributed by atoms with Crippen LogP contribution in [0.2, 0.25) is 0 Å². The van der Waals surface area contributed by atoms with Crippen LogP contribution in [0.4, 0.5) is 11.4 Å². The van der Waals surface area contributed by atoms with Crippen molar-refractivity contribution in [3.63, 3.8) is 0 Å². The summed E-state index contributed by atoms with van der Waals surface area (Å²) in [6.45, 7) is 2.98. The van der Waals surface area contributed by atoms with Gasteiger partial charge < -0.3 is 20.1 Å². The zero-order valence-corrected chi connectivity index (χ0v) is 21.4. The van der Waals surface area contributed by atoms with Gasteiger partial charge in [-0.1, -0.05) is 36.4 Å². The van der Waals surface area contributed by atoms with Crippen LogP contribution in [0, 0.1) is 0 Å². The number of para-hydroxylation sites is 2. The van der Waals surface area contributed by atoms with Crippen molar-refractivity contribution in [1.29, 1.82) is 0 Å². The molecule has 0 aromatic heterocycles. The fourth-order valence-corrected chi connectivity index (χ4v) is 3.43. The van der Waals surface area contributed by atoms with Crippen LogP contribution in [0.25, 0.3) is 0 Å². The molecule has 2 aromatic carbocycles. The number of nitrogens with one attached hydrogen (secondary N) is 2. The predicted molar refractivity (Wildman–Crippen MR) is 142 cm³/mol. The molecule has 38 heavy (non-hydrogen) atoms. The molecule has 196 valence electrons. The first-order valence-corrected chi connectivity index (χ1v) is 11.7. The minimum Gasteiger partial charge on any atom is -0.467 e. The van der Waals surface area contributed by atoms with Crippen molar-refractivity contribution >= 4 is 46.6 Å². The highest BCUT2D eigenvalue weighted by molar-refractivity contribution is 6.40. The number of benzene rings is 2. The van der Waals surface area contributed by atoms with Gasteiger partial charge in [-0.2, -0.15) is 0 Å². The second-order valence-corrected chi connectivity index (χ2v) is 8.22. The monoisotopic (exact) mass is 516 g/mol. The van der Waals surface area contributed by atoms with E-state index < -0.39 is 35.8 Å². The number of hydrogen-bond acceptors (Lipinski definition) is 8. The number of amides is 2. The van der Waals surface area contributed by atoms with Crippen LogP contribution >= 0.6 is 0 Å². The maximum Gasteiger partial charge on any atom is 0.328 e. The van der Waals surface area contributed by atoms with E-state index in [1.54, 1.807) is 48.5 Å². The third-order valence-electron chi connectivity index (χ3n) is 5.42. The summed E-state index contributed by atoms with van der Waals surface area (Å²) in [5, 5.41) is 5.18. The van der Waals surface area contributed by atoms with Crippen molar-refractivity contribution < 1.29 is 28.7 Å². The summed E-state index contributed by atoms with van der Waals surface area (Å²) in [5.41, 5.74) is 1.55. The molecular formula is C28H28N4O6. The maximum atomic E-state index is 13.3. The molecule has 2 N–H and O–H groups in total. The number of methoxy groups -OCH3 is 2. The Hall–Kier alpha value is -4.86. The van der Waals surface area contributed by atoms with Gasteiger partial charge in [-0.05, 0) is 50.3 Å². The lowest BCUT2D eigenvalue weighted by atomic mass is 9.93. The van der Waals surface area contributed by atoms with E-state index >= 15 is 0 Å². The van der Waals surface area contributed by atoms with E-state index in [1.165, 1.54) is 40.2 Å². The third-order valence-corrected chi connectivity index (χ3v) is 5.42. The lowest BCUT2D eigenvalue weighted by Crippen LogP contribution is -2.43. The second-order valence-electron chi connectivity index (χ2n) is 8.22. The van der Waals surface area contributed by atoms with Gasteiger partial charge in [0.05, 0.1) is 48.2 Å². The van der Waals surface area contributed by atoms with E-state index in [-0.39, 0.29) is 22.6 Å². The molecule has 2 amide bonds. The molecule has 0 unspecified atom stereocenters. The summed E-state index contributed by atoms with van der Waals surface area (Å²) in [7, 11) is 2.45. The zero-order chi connectivity index (χ0) is 27.7. The van der Waals surface area contributed by atoms with E-state index in [4.69, 9.17) is 9.47 Å². The number of aliphatic imine (C=N–C) groups is 2. The molecule has 10 heteroatoms. The van der Waals surface area contributed by atoms with Crippen molar-refractivity contribution in [3.8, 4) is 0 Å². The van der Waals surface area contributed by atoms with Gasteiger partial charge >= 0.3 is 11.9 Å². The molecule has 1 aliphatic carbocycles. The van der Waals surface area contributed by atoms with Crippen LogP contribution in [0.3, 0.4) is 0 Å². The van der Waals surface area contributed by atoms with Gasteiger partial charge in [0.1, 0.15) is 12.1 Å². The number of hydrogen-bond donors (Lipinski definition) is 2. The van der Waals surface area contributed by atoms with Crippen molar-refractivity contribution in [1.82, 2.24) is 10.6 Å². The van der Waals surface area contributed by atoms with E-state index in [0.717, 1.165) is 0 Å². The highest BCUT2D eigenvalue weighted by atomic mass is 16.5. The van der Waals surface area contributed by atoms with E-state index in [1.807, 2.05) is 12.1 Å². The second kappa shape index (κ2) is 12.9. The molecule has 0 bridgehead atoms. The number of ether oxygens (including phenoxy) is 2. The van der Waals surface area contributed by atoms with Crippen LogP contribution in [-0.4, -0.2) is 61.5 Å². The largest absolute Gasteiger partial charge is 0.467 e. The molecule has 0 fully saturated rings. The Balaban J connectivity index is 2.13. The summed E-state index contributed by atoms with van der Waals surface area (Å²) in [4.78, 5) is 59.6. The Bertz CT molecular complexity index is 1230. The van der Waals surface area contributed by atoms with E-state index in [9.17, 15) is 19.2 Å². The first kappa shape index (κ1) is 27.7. The van der Waals surface area contributed by atoms with Crippen molar-refractivity contribution in [2.75, 3.05) is 14.2 Å². The number of allylic oxidation sites excluding steroid dienone is 2. The van der Waals surface area contributed by atoms with Crippen LogP contribution in [0.15, 0.2) is 93.9 Å². The van der Waals surface area contributed by atoms with Gasteiger partial charge in [0.15, 0.2) is 0 Å². The van der Waals surface area contributed by atoms with Gasteiger partial charge in [0, 0.05) is 0 Å². The summed E-state index contributed by atoms with van der Waals surface area (Å²) in [6, 6.07) is 15.8. The minimum absolute atomic E-state index is 0.0804. The van der Waals surface area contributed by atoms with Crippen molar-refractivity contribution in [2.24, 2.45) is 9.98 Å². The first-order chi connectivity index (χ1) is 18.2.